The molecule has 0 saturated heterocycles. The molecule has 0 bridgehead atoms. The number of hydrogen-bond acceptors (Lipinski definition) is 3. The highest BCUT2D eigenvalue weighted by molar-refractivity contribution is 5.67. The molecule has 0 spiro atoms. The topological polar surface area (TPSA) is 37.8 Å². The summed E-state index contributed by atoms with van der Waals surface area (Å²) in [5, 5.41) is 11.9. The lowest BCUT2D eigenvalue weighted by Gasteiger charge is -2.18. The standard InChI is InChI=1S/C20H26F3N3.C3H8/c1-5-7-8-16(6-2)24-18-12-14(4)19(26-25-18)17-10-9-15(11-13(17)3)20(21,22)23;1-3-2/h9-12,16H,5-8H2,1-4H3,(H,24,25);3H2,1-2H3. The van der Waals surface area contributed by atoms with E-state index < -0.39 is 11.7 Å². The zero-order chi connectivity index (χ0) is 22.0. The van der Waals surface area contributed by atoms with Gasteiger partial charge in [-0.25, -0.2) is 0 Å². The Labute approximate surface area is 173 Å². The Morgan fingerprint density at radius 2 is 1.62 bits per heavy atom. The maximum Gasteiger partial charge on any atom is 0.416 e. The zero-order valence-corrected chi connectivity index (χ0v) is 18.5. The third kappa shape index (κ3) is 7.67. The molecule has 0 aliphatic carbocycles. The number of nitrogens with one attached hydrogen (secondary N) is 1. The molecule has 1 aromatic heterocycles. The number of aromatic nitrogens is 2. The highest BCUT2D eigenvalue weighted by Gasteiger charge is 2.30. The molecule has 0 aliphatic heterocycles. The van der Waals surface area contributed by atoms with Gasteiger partial charge in [0.2, 0.25) is 0 Å². The highest BCUT2D eigenvalue weighted by atomic mass is 19.4. The first-order chi connectivity index (χ1) is 13.7. The molecular weight excluding hydrogens is 375 g/mol. The van der Waals surface area contributed by atoms with Crippen LogP contribution in [0.2, 0.25) is 0 Å². The van der Waals surface area contributed by atoms with Gasteiger partial charge in [0, 0.05) is 11.6 Å². The summed E-state index contributed by atoms with van der Waals surface area (Å²) < 4.78 is 38.5. The first kappa shape index (κ1) is 24.9. The van der Waals surface area contributed by atoms with Gasteiger partial charge in [0.25, 0.3) is 0 Å². The Kier molecular flexibility index (Phi) is 10.1. The van der Waals surface area contributed by atoms with Gasteiger partial charge in [-0.2, -0.15) is 13.2 Å². The van der Waals surface area contributed by atoms with Crippen molar-refractivity contribution in [2.24, 2.45) is 0 Å². The Morgan fingerprint density at radius 1 is 0.966 bits per heavy atom. The number of anilines is 1. The summed E-state index contributed by atoms with van der Waals surface area (Å²) in [7, 11) is 0. The maximum absolute atomic E-state index is 12.8. The smallest absolute Gasteiger partial charge is 0.366 e. The van der Waals surface area contributed by atoms with Crippen LogP contribution in [0.3, 0.4) is 0 Å². The number of unbranched alkanes of at least 4 members (excludes halogenated alkanes) is 1. The van der Waals surface area contributed by atoms with Crippen LogP contribution in [0.1, 0.15) is 76.5 Å². The Balaban J connectivity index is 0.00000132. The first-order valence-electron chi connectivity index (χ1n) is 10.5. The number of nitrogens with zero attached hydrogens (tertiary/aromatic N) is 2. The third-order valence-electron chi connectivity index (χ3n) is 4.54. The van der Waals surface area contributed by atoms with Crippen LogP contribution in [0, 0.1) is 13.8 Å². The number of rotatable bonds is 7. The van der Waals surface area contributed by atoms with Crippen molar-refractivity contribution < 1.29 is 13.2 Å². The Bertz CT molecular complexity index is 758. The van der Waals surface area contributed by atoms with Crippen molar-refractivity contribution in [1.82, 2.24) is 10.2 Å². The summed E-state index contributed by atoms with van der Waals surface area (Å²) in [5.74, 6) is 0.707. The number of alkyl halides is 3. The number of benzene rings is 1. The first-order valence-corrected chi connectivity index (χ1v) is 10.5. The van der Waals surface area contributed by atoms with E-state index in [9.17, 15) is 13.2 Å². The molecule has 0 saturated carbocycles. The van der Waals surface area contributed by atoms with Gasteiger partial charge in [-0.05, 0) is 56.0 Å². The second-order valence-electron chi connectivity index (χ2n) is 7.39. The van der Waals surface area contributed by atoms with Crippen LogP contribution in [-0.4, -0.2) is 16.2 Å². The predicted octanol–water partition coefficient (Wildman–Crippen LogP) is 7.58. The maximum atomic E-state index is 12.8. The van der Waals surface area contributed by atoms with Gasteiger partial charge in [0.05, 0.1) is 11.3 Å². The molecule has 1 atom stereocenters. The van der Waals surface area contributed by atoms with Crippen molar-refractivity contribution in [3.05, 3.63) is 41.0 Å². The summed E-state index contributed by atoms with van der Waals surface area (Å²) in [4.78, 5) is 0. The van der Waals surface area contributed by atoms with Crippen molar-refractivity contribution in [2.75, 3.05) is 5.32 Å². The monoisotopic (exact) mass is 409 g/mol. The number of hydrogen-bond donors (Lipinski definition) is 1. The molecular formula is C23H34F3N3. The van der Waals surface area contributed by atoms with Crippen LogP contribution < -0.4 is 5.32 Å². The zero-order valence-electron chi connectivity index (χ0n) is 18.5. The molecule has 1 N–H and O–H groups in total. The lowest BCUT2D eigenvalue weighted by molar-refractivity contribution is -0.137. The fourth-order valence-corrected chi connectivity index (χ4v) is 2.97. The van der Waals surface area contributed by atoms with Crippen molar-refractivity contribution in [2.45, 2.75) is 85.9 Å². The van der Waals surface area contributed by atoms with Crippen molar-refractivity contribution in [3.63, 3.8) is 0 Å². The van der Waals surface area contributed by atoms with E-state index in [1.165, 1.54) is 12.5 Å². The van der Waals surface area contributed by atoms with Gasteiger partial charge < -0.3 is 5.32 Å². The Morgan fingerprint density at radius 3 is 2.10 bits per heavy atom. The molecule has 2 aromatic rings. The minimum absolute atomic E-state index is 0.349. The van der Waals surface area contributed by atoms with Crippen molar-refractivity contribution in [1.29, 1.82) is 0 Å². The summed E-state index contributed by atoms with van der Waals surface area (Å²) >= 11 is 0. The average Bonchev–Trinajstić information content (AvgIpc) is 2.65. The highest BCUT2D eigenvalue weighted by Crippen LogP contribution is 2.33. The summed E-state index contributed by atoms with van der Waals surface area (Å²) in [6, 6.07) is 5.97. The summed E-state index contributed by atoms with van der Waals surface area (Å²) in [5.41, 5.74) is 2.06. The Hall–Kier alpha value is -2.11. The molecule has 3 nitrogen and oxygen atoms in total. The number of halogens is 3. The molecule has 1 unspecified atom stereocenters. The normalized spacial score (nSPS) is 12.2. The largest absolute Gasteiger partial charge is 0.416 e. The predicted molar refractivity (Wildman–Crippen MR) is 115 cm³/mol. The molecule has 0 radical (unpaired) electrons. The minimum atomic E-state index is -4.34. The fraction of sp³-hybridized carbons (Fsp3) is 0.565. The molecule has 1 heterocycles. The SMILES string of the molecule is CCC.CCCCC(CC)Nc1cc(C)c(-c2ccc(C(F)(F)F)cc2C)nn1. The quantitative estimate of drug-likeness (QED) is 0.512. The lowest BCUT2D eigenvalue weighted by Crippen LogP contribution is -2.19. The molecule has 2 rings (SSSR count). The van der Waals surface area contributed by atoms with Gasteiger partial charge in [-0.3, -0.25) is 0 Å². The van der Waals surface area contributed by atoms with Gasteiger partial charge in [0.15, 0.2) is 0 Å². The van der Waals surface area contributed by atoms with Crippen molar-refractivity contribution in [3.8, 4) is 11.3 Å². The molecule has 1 aromatic carbocycles. The van der Waals surface area contributed by atoms with Gasteiger partial charge in [-0.1, -0.05) is 53.0 Å². The second kappa shape index (κ2) is 11.8. The fourth-order valence-electron chi connectivity index (χ4n) is 2.97. The van der Waals surface area contributed by atoms with Gasteiger partial charge in [0.1, 0.15) is 5.82 Å². The van der Waals surface area contributed by atoms with Crippen LogP contribution >= 0.6 is 0 Å². The summed E-state index contributed by atoms with van der Waals surface area (Å²) in [6.45, 7) is 12.1. The molecule has 162 valence electrons. The average molecular weight is 410 g/mol. The minimum Gasteiger partial charge on any atom is -0.366 e. The van der Waals surface area contributed by atoms with E-state index in [4.69, 9.17) is 0 Å². The summed E-state index contributed by atoms with van der Waals surface area (Å²) in [6.07, 6.45) is 1.29. The van der Waals surface area contributed by atoms with Crippen LogP contribution in [0.4, 0.5) is 19.0 Å². The van der Waals surface area contributed by atoms with E-state index >= 15 is 0 Å². The van der Waals surface area contributed by atoms with E-state index in [1.54, 1.807) is 6.92 Å². The van der Waals surface area contributed by atoms with E-state index in [0.29, 0.717) is 28.7 Å². The van der Waals surface area contributed by atoms with E-state index in [2.05, 4.69) is 43.2 Å². The second-order valence-corrected chi connectivity index (χ2v) is 7.39. The van der Waals surface area contributed by atoms with E-state index in [-0.39, 0.29) is 0 Å². The molecule has 0 fully saturated rings. The molecule has 0 aliphatic rings. The van der Waals surface area contributed by atoms with Gasteiger partial charge in [-0.15, -0.1) is 10.2 Å². The van der Waals surface area contributed by atoms with Crippen LogP contribution in [0.25, 0.3) is 11.3 Å². The third-order valence-corrected chi connectivity index (χ3v) is 4.54. The van der Waals surface area contributed by atoms with E-state index in [0.717, 1.165) is 43.4 Å². The van der Waals surface area contributed by atoms with Gasteiger partial charge >= 0.3 is 6.18 Å². The molecule has 0 amide bonds. The number of aryl methyl sites for hydroxylation is 2. The molecule has 29 heavy (non-hydrogen) atoms. The van der Waals surface area contributed by atoms with Crippen LogP contribution in [-0.2, 0) is 6.18 Å². The van der Waals surface area contributed by atoms with Crippen LogP contribution in [0.15, 0.2) is 24.3 Å². The molecule has 6 heteroatoms. The lowest BCUT2D eigenvalue weighted by atomic mass is 9.99. The van der Waals surface area contributed by atoms with Crippen molar-refractivity contribution >= 4 is 5.82 Å². The van der Waals surface area contributed by atoms with Crippen LogP contribution in [0.5, 0.6) is 0 Å². The van der Waals surface area contributed by atoms with E-state index in [1.807, 2.05) is 13.0 Å².